The molecule has 0 radical (unpaired) electrons. The second-order valence-electron chi connectivity index (χ2n) is 5.86. The van der Waals surface area contributed by atoms with E-state index in [2.05, 4.69) is 0 Å². The molecule has 8 nitrogen and oxygen atoms in total. The fourth-order valence-corrected chi connectivity index (χ4v) is 2.33. The number of phenolic OH excluding ortho intramolecular Hbond substituents is 1. The van der Waals surface area contributed by atoms with Crippen molar-refractivity contribution in [2.75, 3.05) is 0 Å². The molecule has 0 fully saturated rings. The highest BCUT2D eigenvalue weighted by Crippen LogP contribution is 2.28. The van der Waals surface area contributed by atoms with Crippen LogP contribution in [-0.2, 0) is 14.4 Å². The third-order valence-electron chi connectivity index (χ3n) is 3.40. The minimum Gasteiger partial charge on any atom is -0.508 e. The first-order valence-electron chi connectivity index (χ1n) is 8.40. The smallest absolute Gasteiger partial charge is 0.308 e. The monoisotopic (exact) mass is 398 g/mol. The highest BCUT2D eigenvalue weighted by Gasteiger charge is 2.14. The van der Waals surface area contributed by atoms with Gasteiger partial charge in [-0.25, -0.2) is 0 Å². The molecule has 0 amide bonds. The Morgan fingerprint density at radius 3 is 2.03 bits per heavy atom. The van der Waals surface area contributed by atoms with Crippen LogP contribution in [0, 0.1) is 0 Å². The zero-order valence-electron chi connectivity index (χ0n) is 15.9. The number of carbonyl (C=O) groups is 4. The minimum absolute atomic E-state index is 0.0554. The average Bonchev–Trinajstić information content (AvgIpc) is 2.59. The SMILES string of the molecule is CC(=O)Oc1ccc(C=CC(=O)c2ccc(O)cc2OC(C)=O)c(OC(C)=O)c1. The molecule has 8 heteroatoms. The second-order valence-corrected chi connectivity index (χ2v) is 5.86. The number of hydrogen-bond donors (Lipinski definition) is 1. The summed E-state index contributed by atoms with van der Waals surface area (Å²) in [6, 6.07) is 8.08. The van der Waals surface area contributed by atoms with E-state index in [9.17, 15) is 24.3 Å². The van der Waals surface area contributed by atoms with Gasteiger partial charge < -0.3 is 19.3 Å². The van der Waals surface area contributed by atoms with Gasteiger partial charge in [0.05, 0.1) is 5.56 Å². The van der Waals surface area contributed by atoms with Crippen LogP contribution in [0.5, 0.6) is 23.0 Å². The van der Waals surface area contributed by atoms with Gasteiger partial charge in [-0.2, -0.15) is 0 Å². The van der Waals surface area contributed by atoms with Gasteiger partial charge in [-0.15, -0.1) is 0 Å². The molecule has 2 rings (SSSR count). The lowest BCUT2D eigenvalue weighted by Crippen LogP contribution is -2.07. The fourth-order valence-electron chi connectivity index (χ4n) is 2.33. The molecule has 0 aromatic heterocycles. The Morgan fingerprint density at radius 2 is 1.41 bits per heavy atom. The molecule has 2 aromatic rings. The van der Waals surface area contributed by atoms with Gasteiger partial charge in [-0.1, -0.05) is 0 Å². The zero-order valence-corrected chi connectivity index (χ0v) is 15.9. The summed E-state index contributed by atoms with van der Waals surface area (Å²) >= 11 is 0. The molecular formula is C21H18O8. The number of ketones is 1. The van der Waals surface area contributed by atoms with E-state index in [1.165, 1.54) is 63.3 Å². The normalized spacial score (nSPS) is 10.4. The summed E-state index contributed by atoms with van der Waals surface area (Å²) in [6.45, 7) is 3.61. The summed E-state index contributed by atoms with van der Waals surface area (Å²) in [7, 11) is 0. The predicted molar refractivity (Wildman–Crippen MR) is 102 cm³/mol. The molecule has 150 valence electrons. The van der Waals surface area contributed by atoms with Crippen molar-refractivity contribution >= 4 is 29.8 Å². The van der Waals surface area contributed by atoms with Crippen LogP contribution in [0.25, 0.3) is 6.08 Å². The van der Waals surface area contributed by atoms with Gasteiger partial charge in [0.25, 0.3) is 0 Å². The van der Waals surface area contributed by atoms with E-state index in [-0.39, 0.29) is 28.6 Å². The number of rotatable bonds is 6. The molecule has 0 heterocycles. The lowest BCUT2D eigenvalue weighted by atomic mass is 10.1. The van der Waals surface area contributed by atoms with Gasteiger partial charge >= 0.3 is 17.9 Å². The summed E-state index contributed by atoms with van der Waals surface area (Å²) in [6.07, 6.45) is 2.58. The van der Waals surface area contributed by atoms with E-state index in [0.29, 0.717) is 5.56 Å². The van der Waals surface area contributed by atoms with E-state index >= 15 is 0 Å². The molecular weight excluding hydrogens is 380 g/mol. The summed E-state index contributed by atoms with van der Waals surface area (Å²) in [5, 5.41) is 9.54. The van der Waals surface area contributed by atoms with Crippen LogP contribution in [0.1, 0.15) is 36.7 Å². The Morgan fingerprint density at radius 1 is 0.793 bits per heavy atom. The quantitative estimate of drug-likeness (QED) is 0.342. The molecule has 0 aliphatic heterocycles. The van der Waals surface area contributed by atoms with Crippen molar-refractivity contribution in [3.8, 4) is 23.0 Å². The number of esters is 3. The van der Waals surface area contributed by atoms with Crippen molar-refractivity contribution in [3.63, 3.8) is 0 Å². The van der Waals surface area contributed by atoms with Crippen molar-refractivity contribution in [1.29, 1.82) is 0 Å². The number of benzene rings is 2. The van der Waals surface area contributed by atoms with E-state index in [0.717, 1.165) is 6.07 Å². The molecule has 0 saturated carbocycles. The Balaban J connectivity index is 2.35. The number of ether oxygens (including phenoxy) is 3. The third kappa shape index (κ3) is 6.31. The Labute approximate surface area is 166 Å². The van der Waals surface area contributed by atoms with Crippen molar-refractivity contribution in [1.82, 2.24) is 0 Å². The van der Waals surface area contributed by atoms with Gasteiger partial charge in [0, 0.05) is 38.5 Å². The standard InChI is InChI=1S/C21H18O8/c1-12(22)27-17-7-4-15(20(11-17)28-13(2)23)5-9-19(26)18-8-6-16(25)10-21(18)29-14(3)24/h4-11,25H,1-3H3. The third-order valence-corrected chi connectivity index (χ3v) is 3.40. The molecule has 29 heavy (non-hydrogen) atoms. The molecule has 0 spiro atoms. The maximum absolute atomic E-state index is 12.5. The first-order valence-corrected chi connectivity index (χ1v) is 8.40. The van der Waals surface area contributed by atoms with Crippen LogP contribution in [0.4, 0.5) is 0 Å². The maximum Gasteiger partial charge on any atom is 0.308 e. The summed E-state index contributed by atoms with van der Waals surface area (Å²) in [5.41, 5.74) is 0.428. The first kappa shape index (κ1) is 21.4. The predicted octanol–water partition coefficient (Wildman–Crippen LogP) is 3.06. The first-order chi connectivity index (χ1) is 13.7. The Hall–Kier alpha value is -3.94. The maximum atomic E-state index is 12.5. The molecule has 0 aliphatic rings. The molecule has 0 aliphatic carbocycles. The second kappa shape index (κ2) is 9.32. The van der Waals surface area contributed by atoms with Crippen molar-refractivity contribution in [3.05, 3.63) is 53.6 Å². The van der Waals surface area contributed by atoms with Crippen LogP contribution >= 0.6 is 0 Å². The molecule has 1 N–H and O–H groups in total. The fraction of sp³-hybridized carbons (Fsp3) is 0.143. The van der Waals surface area contributed by atoms with E-state index < -0.39 is 23.7 Å². The largest absolute Gasteiger partial charge is 0.508 e. The highest BCUT2D eigenvalue weighted by atomic mass is 16.5. The topological polar surface area (TPSA) is 116 Å². The Bertz CT molecular complexity index is 1000. The van der Waals surface area contributed by atoms with Crippen LogP contribution in [-0.4, -0.2) is 28.8 Å². The summed E-state index contributed by atoms with van der Waals surface area (Å²) in [5.74, 6) is -2.29. The van der Waals surface area contributed by atoms with Gasteiger partial charge in [-0.05, 0) is 36.4 Å². The van der Waals surface area contributed by atoms with Crippen molar-refractivity contribution in [2.24, 2.45) is 0 Å². The number of aromatic hydroxyl groups is 1. The van der Waals surface area contributed by atoms with Crippen LogP contribution in [0.15, 0.2) is 42.5 Å². The molecule has 0 atom stereocenters. The Kier molecular flexibility index (Phi) is 6.86. The minimum atomic E-state index is -0.646. The van der Waals surface area contributed by atoms with Crippen molar-refractivity contribution in [2.45, 2.75) is 20.8 Å². The van der Waals surface area contributed by atoms with Crippen LogP contribution < -0.4 is 14.2 Å². The highest BCUT2D eigenvalue weighted by molar-refractivity contribution is 6.09. The van der Waals surface area contributed by atoms with Crippen LogP contribution in [0.3, 0.4) is 0 Å². The lowest BCUT2D eigenvalue weighted by molar-refractivity contribution is -0.133. The van der Waals surface area contributed by atoms with Gasteiger partial charge in [0.1, 0.15) is 23.0 Å². The molecule has 2 aromatic carbocycles. The van der Waals surface area contributed by atoms with Crippen LogP contribution in [0.2, 0.25) is 0 Å². The number of allylic oxidation sites excluding steroid dienone is 1. The van der Waals surface area contributed by atoms with Crippen molar-refractivity contribution < 1.29 is 38.5 Å². The number of carbonyl (C=O) groups excluding carboxylic acids is 4. The zero-order chi connectivity index (χ0) is 21.6. The van der Waals surface area contributed by atoms with Gasteiger partial charge in [-0.3, -0.25) is 19.2 Å². The molecule has 0 saturated heterocycles. The average molecular weight is 398 g/mol. The van der Waals surface area contributed by atoms with E-state index in [1.807, 2.05) is 0 Å². The summed E-state index contributed by atoms with van der Waals surface area (Å²) < 4.78 is 15.0. The van der Waals surface area contributed by atoms with Gasteiger partial charge in [0.2, 0.25) is 0 Å². The number of phenols is 1. The van der Waals surface area contributed by atoms with E-state index in [4.69, 9.17) is 14.2 Å². The van der Waals surface area contributed by atoms with Gasteiger partial charge in [0.15, 0.2) is 5.78 Å². The van der Waals surface area contributed by atoms with E-state index in [1.54, 1.807) is 0 Å². The number of hydrogen-bond acceptors (Lipinski definition) is 8. The summed E-state index contributed by atoms with van der Waals surface area (Å²) in [4.78, 5) is 46.2. The molecule has 0 unspecified atom stereocenters. The molecule has 0 bridgehead atoms. The lowest BCUT2D eigenvalue weighted by Gasteiger charge is -2.09.